The van der Waals surface area contributed by atoms with Crippen LogP contribution in [0.3, 0.4) is 0 Å². The zero-order chi connectivity index (χ0) is 25.0. The number of ether oxygens (including phenoxy) is 1. The van der Waals surface area contributed by atoms with Crippen molar-refractivity contribution in [2.45, 2.75) is 53.0 Å². The van der Waals surface area contributed by atoms with E-state index in [4.69, 9.17) is 14.1 Å². The van der Waals surface area contributed by atoms with Gasteiger partial charge in [0.15, 0.2) is 6.61 Å². The Labute approximate surface area is 204 Å². The number of para-hydroxylation sites is 1. The van der Waals surface area contributed by atoms with Crippen molar-refractivity contribution in [3.8, 4) is 0 Å². The molecular weight excluding hydrogens is 446 g/mol. The number of hydrogen-bond acceptors (Lipinski definition) is 6. The number of nitrogens with zero attached hydrogens (tertiary/aromatic N) is 1. The van der Waals surface area contributed by atoms with Crippen molar-refractivity contribution in [2.75, 3.05) is 6.61 Å². The summed E-state index contributed by atoms with van der Waals surface area (Å²) in [7, 11) is 0. The third kappa shape index (κ3) is 5.53. The minimum atomic E-state index is -0.715. The van der Waals surface area contributed by atoms with E-state index < -0.39 is 24.5 Å². The summed E-state index contributed by atoms with van der Waals surface area (Å²) in [4.78, 5) is 42.3. The number of rotatable bonds is 7. The highest BCUT2D eigenvalue weighted by Gasteiger charge is 2.34. The molecule has 3 amide bonds. The van der Waals surface area contributed by atoms with Gasteiger partial charge in [-0.15, -0.1) is 0 Å². The van der Waals surface area contributed by atoms with Crippen LogP contribution >= 0.6 is 0 Å². The average molecular weight is 478 g/mol. The van der Waals surface area contributed by atoms with Crippen molar-refractivity contribution < 1.29 is 23.5 Å². The smallest absolute Gasteiger partial charge is 0.339 e. The van der Waals surface area contributed by atoms with E-state index in [0.717, 1.165) is 42.5 Å². The Hall–Kier alpha value is -3.68. The second-order valence-corrected chi connectivity index (χ2v) is 9.60. The summed E-state index contributed by atoms with van der Waals surface area (Å²) in [6, 6.07) is 10.2. The van der Waals surface area contributed by atoms with Crippen LogP contribution in [0.1, 0.15) is 61.0 Å². The first kappa shape index (κ1) is 24.4. The number of aryl methyl sites for hydroxylation is 1. The van der Waals surface area contributed by atoms with Gasteiger partial charge in [0.05, 0.1) is 23.9 Å². The summed E-state index contributed by atoms with van der Waals surface area (Å²) >= 11 is 0. The molecule has 1 atom stereocenters. The first-order chi connectivity index (χ1) is 16.8. The Kier molecular flexibility index (Phi) is 7.19. The average Bonchev–Trinajstić information content (AvgIpc) is 3.38. The van der Waals surface area contributed by atoms with Gasteiger partial charge in [-0.2, -0.15) is 0 Å². The molecule has 0 unspecified atom stereocenters. The van der Waals surface area contributed by atoms with E-state index in [0.29, 0.717) is 22.6 Å². The molecule has 1 aromatic carbocycles. The van der Waals surface area contributed by atoms with E-state index in [-0.39, 0.29) is 12.0 Å². The number of fused-ring (bicyclic) bond motifs is 2. The maximum absolute atomic E-state index is 13.3. The number of pyridine rings is 1. The lowest BCUT2D eigenvalue weighted by molar-refractivity contribution is -0.123. The molecule has 0 aliphatic heterocycles. The standard InChI is InChI=1S/C27H31N3O5/c1-4-27(2,3)17-11-12-22-20(14-17)24(19-9-5-6-10-21(19)29-22)25(32)35-16-23(31)30-26(33)28-15-18-8-7-13-34-18/h5-10,13,17H,4,11-12,14-16H2,1-3H3,(H2,28,30,31,33)/t17-/m0/s1. The van der Waals surface area contributed by atoms with Crippen molar-refractivity contribution in [2.24, 2.45) is 11.3 Å². The van der Waals surface area contributed by atoms with E-state index in [9.17, 15) is 14.4 Å². The molecule has 8 nitrogen and oxygen atoms in total. The maximum Gasteiger partial charge on any atom is 0.339 e. The second kappa shape index (κ2) is 10.3. The largest absolute Gasteiger partial charge is 0.467 e. The number of carbonyl (C=O) groups excluding carboxylic acids is 3. The minimum absolute atomic E-state index is 0.132. The van der Waals surface area contributed by atoms with Gasteiger partial charge in [0.1, 0.15) is 5.76 Å². The topological polar surface area (TPSA) is 111 Å². The molecule has 2 heterocycles. The molecule has 4 rings (SSSR count). The molecule has 0 radical (unpaired) electrons. The fraction of sp³-hybridized carbons (Fsp3) is 0.407. The lowest BCUT2D eigenvalue weighted by Gasteiger charge is -2.37. The van der Waals surface area contributed by atoms with Gasteiger partial charge in [0, 0.05) is 11.1 Å². The molecule has 3 aromatic rings. The van der Waals surface area contributed by atoms with E-state index >= 15 is 0 Å². The van der Waals surface area contributed by atoms with Crippen LogP contribution < -0.4 is 10.6 Å². The fourth-order valence-electron chi connectivity index (χ4n) is 4.57. The van der Waals surface area contributed by atoms with Gasteiger partial charge in [0.25, 0.3) is 5.91 Å². The fourth-order valence-corrected chi connectivity index (χ4v) is 4.57. The van der Waals surface area contributed by atoms with E-state index in [1.807, 2.05) is 24.3 Å². The Morgan fingerprint density at radius 2 is 1.97 bits per heavy atom. The maximum atomic E-state index is 13.3. The lowest BCUT2D eigenvalue weighted by Crippen LogP contribution is -2.41. The van der Waals surface area contributed by atoms with Gasteiger partial charge >= 0.3 is 12.0 Å². The number of aromatic nitrogens is 1. The zero-order valence-electron chi connectivity index (χ0n) is 20.3. The summed E-state index contributed by atoms with van der Waals surface area (Å²) in [5, 5.41) is 5.39. The third-order valence-electron chi connectivity index (χ3n) is 7.07. The van der Waals surface area contributed by atoms with Crippen molar-refractivity contribution in [1.82, 2.24) is 15.6 Å². The lowest BCUT2D eigenvalue weighted by atomic mass is 9.68. The number of amides is 3. The minimum Gasteiger partial charge on any atom is -0.467 e. The molecule has 2 N–H and O–H groups in total. The number of benzene rings is 1. The molecule has 0 bridgehead atoms. The predicted octanol–water partition coefficient (Wildman–Crippen LogP) is 4.55. The quantitative estimate of drug-likeness (QED) is 0.483. The molecule has 0 saturated carbocycles. The Balaban J connectivity index is 1.48. The number of hydrogen-bond donors (Lipinski definition) is 2. The van der Waals surface area contributed by atoms with Crippen LogP contribution in [0, 0.1) is 11.3 Å². The number of urea groups is 1. The van der Waals surface area contributed by atoms with Crippen molar-refractivity contribution in [3.63, 3.8) is 0 Å². The van der Waals surface area contributed by atoms with Crippen LogP contribution in [0.2, 0.25) is 0 Å². The van der Waals surface area contributed by atoms with E-state index in [1.165, 1.54) is 6.26 Å². The molecule has 0 spiro atoms. The monoisotopic (exact) mass is 477 g/mol. The molecule has 1 aliphatic carbocycles. The Bertz CT molecular complexity index is 1230. The van der Waals surface area contributed by atoms with Crippen LogP contribution in [0.5, 0.6) is 0 Å². The van der Waals surface area contributed by atoms with Crippen molar-refractivity contribution in [3.05, 3.63) is 65.2 Å². The first-order valence-electron chi connectivity index (χ1n) is 12.0. The SMILES string of the molecule is CCC(C)(C)[C@H]1CCc2nc3ccccc3c(C(=O)OCC(=O)NC(=O)NCc3ccco3)c2C1. The normalized spacial score (nSPS) is 15.3. The van der Waals surface area contributed by atoms with E-state index in [2.05, 4.69) is 31.4 Å². The van der Waals surface area contributed by atoms with Crippen LogP contribution in [-0.4, -0.2) is 29.5 Å². The summed E-state index contributed by atoms with van der Waals surface area (Å²) in [6.07, 6.45) is 5.08. The number of nitrogens with one attached hydrogen (secondary N) is 2. The van der Waals surface area contributed by atoms with E-state index in [1.54, 1.807) is 12.1 Å². The molecule has 1 aliphatic rings. The van der Waals surface area contributed by atoms with Gasteiger partial charge in [-0.05, 0) is 54.4 Å². The van der Waals surface area contributed by atoms with Crippen molar-refractivity contribution >= 4 is 28.8 Å². The summed E-state index contributed by atoms with van der Waals surface area (Å²) < 4.78 is 10.5. The van der Waals surface area contributed by atoms with Gasteiger partial charge in [-0.25, -0.2) is 9.59 Å². The van der Waals surface area contributed by atoms with Crippen LogP contribution in [-0.2, 0) is 28.9 Å². The predicted molar refractivity (Wildman–Crippen MR) is 131 cm³/mol. The molecule has 2 aromatic heterocycles. The molecule has 0 fully saturated rings. The third-order valence-corrected chi connectivity index (χ3v) is 7.07. The van der Waals surface area contributed by atoms with Crippen LogP contribution in [0.25, 0.3) is 10.9 Å². The van der Waals surface area contributed by atoms with Gasteiger partial charge < -0.3 is 14.5 Å². The molecular formula is C27H31N3O5. The molecule has 184 valence electrons. The van der Waals surface area contributed by atoms with Crippen LogP contribution in [0.4, 0.5) is 4.79 Å². The number of esters is 1. The van der Waals surface area contributed by atoms with Gasteiger partial charge in [-0.3, -0.25) is 15.1 Å². The molecule has 35 heavy (non-hydrogen) atoms. The summed E-state index contributed by atoms with van der Waals surface area (Å²) in [5.74, 6) is -0.331. The number of furan rings is 1. The zero-order valence-corrected chi connectivity index (χ0v) is 20.3. The van der Waals surface area contributed by atoms with Gasteiger partial charge in [0.2, 0.25) is 0 Å². The van der Waals surface area contributed by atoms with Crippen LogP contribution in [0.15, 0.2) is 47.1 Å². The summed E-state index contributed by atoms with van der Waals surface area (Å²) in [6.45, 7) is 6.28. The second-order valence-electron chi connectivity index (χ2n) is 9.60. The molecule has 0 saturated heterocycles. The van der Waals surface area contributed by atoms with Gasteiger partial charge in [-0.1, -0.05) is 45.4 Å². The number of carbonyl (C=O) groups is 3. The first-order valence-corrected chi connectivity index (χ1v) is 12.0. The highest BCUT2D eigenvalue weighted by molar-refractivity contribution is 6.06. The highest BCUT2D eigenvalue weighted by atomic mass is 16.5. The number of imide groups is 1. The Morgan fingerprint density at radius 3 is 2.71 bits per heavy atom. The summed E-state index contributed by atoms with van der Waals surface area (Å²) in [5.41, 5.74) is 3.15. The van der Waals surface area contributed by atoms with Crippen molar-refractivity contribution in [1.29, 1.82) is 0 Å². The molecule has 8 heteroatoms. The Morgan fingerprint density at radius 1 is 1.17 bits per heavy atom. The highest BCUT2D eigenvalue weighted by Crippen LogP contribution is 2.41.